The third kappa shape index (κ3) is 4.11. The van der Waals surface area contributed by atoms with Crippen LogP contribution in [0.1, 0.15) is 27.9 Å². The second kappa shape index (κ2) is 8.74. The number of imide groups is 1. The number of fused-ring (bicyclic) bond motifs is 1. The molecule has 0 aromatic heterocycles. The number of urea groups is 1. The lowest BCUT2D eigenvalue weighted by Gasteiger charge is -2.36. The van der Waals surface area contributed by atoms with E-state index in [4.69, 9.17) is 4.74 Å². The number of benzene rings is 2. The first kappa shape index (κ1) is 21.3. The maximum absolute atomic E-state index is 12.8. The average molecular weight is 450 g/mol. The molecule has 3 aliphatic rings. The lowest BCUT2D eigenvalue weighted by molar-refractivity contribution is -0.123. The summed E-state index contributed by atoms with van der Waals surface area (Å²) in [6.45, 7) is 5.06. The van der Waals surface area contributed by atoms with E-state index in [1.807, 2.05) is 30.3 Å². The molecule has 0 spiro atoms. The van der Waals surface area contributed by atoms with Crippen molar-refractivity contribution < 1.29 is 19.1 Å². The van der Waals surface area contributed by atoms with E-state index in [-0.39, 0.29) is 24.8 Å². The molecular formula is C24H27N5O4. The van der Waals surface area contributed by atoms with Gasteiger partial charge in [-0.3, -0.25) is 19.8 Å². The number of anilines is 1. The number of carbonyl (C=O) groups is 3. The molecule has 1 N–H and O–H groups in total. The Bertz CT molecular complexity index is 1100. The number of para-hydroxylation sites is 2. The van der Waals surface area contributed by atoms with Crippen molar-refractivity contribution in [2.45, 2.75) is 19.5 Å². The van der Waals surface area contributed by atoms with Crippen LogP contribution in [0.2, 0.25) is 0 Å². The van der Waals surface area contributed by atoms with Crippen LogP contribution in [0, 0.1) is 0 Å². The van der Waals surface area contributed by atoms with Gasteiger partial charge in [-0.2, -0.15) is 0 Å². The molecule has 2 saturated heterocycles. The zero-order valence-electron chi connectivity index (χ0n) is 18.6. The number of hydrogen-bond acceptors (Lipinski definition) is 6. The number of ether oxygens (including phenoxy) is 1. The summed E-state index contributed by atoms with van der Waals surface area (Å²) in [6, 6.07) is 13.5. The first-order valence-electron chi connectivity index (χ1n) is 11.2. The zero-order valence-corrected chi connectivity index (χ0v) is 18.6. The minimum Gasteiger partial charge on any atom is -0.495 e. The molecular weight excluding hydrogens is 422 g/mol. The number of carbonyl (C=O) groups excluding carboxylic acids is 3. The summed E-state index contributed by atoms with van der Waals surface area (Å²) in [4.78, 5) is 41.2. The van der Waals surface area contributed by atoms with Crippen LogP contribution in [0.4, 0.5) is 10.5 Å². The topological polar surface area (TPSA) is 85.4 Å². The van der Waals surface area contributed by atoms with Gasteiger partial charge >= 0.3 is 6.03 Å². The van der Waals surface area contributed by atoms with Crippen molar-refractivity contribution in [1.82, 2.24) is 20.2 Å². The summed E-state index contributed by atoms with van der Waals surface area (Å²) in [5.41, 5.74) is 3.80. The molecule has 33 heavy (non-hydrogen) atoms. The van der Waals surface area contributed by atoms with Crippen LogP contribution >= 0.6 is 0 Å². The first-order valence-corrected chi connectivity index (χ1v) is 11.2. The predicted molar refractivity (Wildman–Crippen MR) is 122 cm³/mol. The molecule has 3 heterocycles. The molecule has 2 aromatic carbocycles. The largest absolute Gasteiger partial charge is 0.495 e. The van der Waals surface area contributed by atoms with Gasteiger partial charge in [0.05, 0.1) is 25.9 Å². The van der Waals surface area contributed by atoms with E-state index in [0.29, 0.717) is 12.1 Å². The summed E-state index contributed by atoms with van der Waals surface area (Å²) in [5, 5.41) is 5.04. The van der Waals surface area contributed by atoms with E-state index in [0.717, 1.165) is 55.3 Å². The number of rotatable bonds is 5. The Morgan fingerprint density at radius 3 is 2.48 bits per heavy atom. The minimum atomic E-state index is -0.541. The number of amides is 4. The van der Waals surface area contributed by atoms with E-state index in [1.54, 1.807) is 7.11 Å². The Balaban J connectivity index is 1.22. The number of nitrogens with zero attached hydrogens (tertiary/aromatic N) is 4. The number of piperazine rings is 1. The van der Waals surface area contributed by atoms with Crippen LogP contribution in [0.25, 0.3) is 0 Å². The molecule has 5 rings (SSSR count). The smallest absolute Gasteiger partial charge is 0.342 e. The molecule has 9 nitrogen and oxygen atoms in total. The highest BCUT2D eigenvalue weighted by atomic mass is 16.5. The van der Waals surface area contributed by atoms with E-state index < -0.39 is 6.03 Å². The number of nitrogens with one attached hydrogen (secondary N) is 1. The maximum Gasteiger partial charge on any atom is 0.342 e. The van der Waals surface area contributed by atoms with E-state index in [9.17, 15) is 14.4 Å². The second-order valence-corrected chi connectivity index (χ2v) is 8.52. The Kier molecular flexibility index (Phi) is 5.63. The fourth-order valence-corrected chi connectivity index (χ4v) is 4.73. The maximum atomic E-state index is 12.8. The van der Waals surface area contributed by atoms with Gasteiger partial charge in [-0.05, 0) is 29.3 Å². The summed E-state index contributed by atoms with van der Waals surface area (Å²) in [7, 11) is 1.70. The van der Waals surface area contributed by atoms with E-state index in [2.05, 4.69) is 27.2 Å². The third-order valence-electron chi connectivity index (χ3n) is 6.48. The van der Waals surface area contributed by atoms with Crippen molar-refractivity contribution in [3.63, 3.8) is 0 Å². The Morgan fingerprint density at radius 2 is 1.73 bits per heavy atom. The Morgan fingerprint density at radius 1 is 0.939 bits per heavy atom. The predicted octanol–water partition coefficient (Wildman–Crippen LogP) is 1.83. The summed E-state index contributed by atoms with van der Waals surface area (Å²) in [5.74, 6) is 0.380. The van der Waals surface area contributed by atoms with Gasteiger partial charge in [-0.25, -0.2) is 14.8 Å². The van der Waals surface area contributed by atoms with Crippen LogP contribution < -0.4 is 15.0 Å². The molecule has 0 radical (unpaired) electrons. The summed E-state index contributed by atoms with van der Waals surface area (Å²) < 4.78 is 5.50. The fourth-order valence-electron chi connectivity index (χ4n) is 4.73. The number of hydrogen-bond donors (Lipinski definition) is 1. The second-order valence-electron chi connectivity index (χ2n) is 8.52. The quantitative estimate of drug-likeness (QED) is 0.750. The molecule has 3 aliphatic heterocycles. The van der Waals surface area contributed by atoms with Crippen molar-refractivity contribution in [2.75, 3.05) is 44.7 Å². The van der Waals surface area contributed by atoms with Gasteiger partial charge in [0.1, 0.15) is 5.75 Å². The van der Waals surface area contributed by atoms with Crippen LogP contribution in [0.5, 0.6) is 5.75 Å². The molecule has 172 valence electrons. The monoisotopic (exact) mass is 449 g/mol. The highest BCUT2D eigenvalue weighted by Crippen LogP contribution is 2.29. The molecule has 0 aliphatic carbocycles. The Hall–Kier alpha value is -3.59. The van der Waals surface area contributed by atoms with E-state index in [1.165, 1.54) is 10.0 Å². The lowest BCUT2D eigenvalue weighted by Crippen LogP contribution is -2.56. The molecule has 9 heteroatoms. The fraction of sp³-hybridized carbons (Fsp3) is 0.375. The first-order chi connectivity index (χ1) is 16.0. The van der Waals surface area contributed by atoms with Gasteiger partial charge in [-0.15, -0.1) is 0 Å². The van der Waals surface area contributed by atoms with Gasteiger partial charge in [-0.1, -0.05) is 24.3 Å². The van der Waals surface area contributed by atoms with Crippen LogP contribution in [-0.2, 0) is 17.9 Å². The molecule has 4 amide bonds. The van der Waals surface area contributed by atoms with Crippen molar-refractivity contribution in [1.29, 1.82) is 0 Å². The molecule has 0 unspecified atom stereocenters. The molecule has 0 atom stereocenters. The highest BCUT2D eigenvalue weighted by molar-refractivity contribution is 6.01. The lowest BCUT2D eigenvalue weighted by atomic mass is 10.1. The molecule has 2 aromatic rings. The minimum absolute atomic E-state index is 0.192. The standard InChI is InChI=1S/C24H27N5O4/c1-33-21-5-3-2-4-20(21)27-12-10-26(11-13-27)15-17-6-7-19-18(14-17)16-29(23(19)31)28-9-8-22(30)25-24(28)32/h2-7,14H,8-13,15-16H2,1H3,(H,25,30,32). The number of methoxy groups -OCH3 is 1. The van der Waals surface area contributed by atoms with Gasteiger partial charge < -0.3 is 9.64 Å². The van der Waals surface area contributed by atoms with Crippen molar-refractivity contribution in [2.24, 2.45) is 0 Å². The van der Waals surface area contributed by atoms with E-state index >= 15 is 0 Å². The Labute approximate surface area is 192 Å². The van der Waals surface area contributed by atoms with Crippen molar-refractivity contribution >= 4 is 23.5 Å². The van der Waals surface area contributed by atoms with Gasteiger partial charge in [0.25, 0.3) is 5.91 Å². The van der Waals surface area contributed by atoms with Crippen molar-refractivity contribution in [3.05, 3.63) is 59.2 Å². The van der Waals surface area contributed by atoms with Crippen LogP contribution in [0.15, 0.2) is 42.5 Å². The zero-order chi connectivity index (χ0) is 22.9. The van der Waals surface area contributed by atoms with Crippen molar-refractivity contribution in [3.8, 4) is 5.75 Å². The molecule has 0 saturated carbocycles. The number of hydrazine groups is 1. The third-order valence-corrected chi connectivity index (χ3v) is 6.48. The average Bonchev–Trinajstić information content (AvgIpc) is 3.15. The van der Waals surface area contributed by atoms with Gasteiger partial charge in [0.2, 0.25) is 5.91 Å². The SMILES string of the molecule is COc1ccccc1N1CCN(Cc2ccc3c(c2)CN(N2CCC(=O)NC2=O)C3=O)CC1. The van der Waals surface area contributed by atoms with Gasteiger partial charge in [0.15, 0.2) is 0 Å². The molecule has 0 bridgehead atoms. The summed E-state index contributed by atoms with van der Waals surface area (Å²) >= 11 is 0. The highest BCUT2D eigenvalue weighted by Gasteiger charge is 2.37. The van der Waals surface area contributed by atoms with Gasteiger partial charge in [0, 0.05) is 44.7 Å². The molecule has 2 fully saturated rings. The normalized spacial score (nSPS) is 19.1. The van der Waals surface area contributed by atoms with Crippen LogP contribution in [0.3, 0.4) is 0 Å². The van der Waals surface area contributed by atoms with Crippen LogP contribution in [-0.4, -0.2) is 72.6 Å². The summed E-state index contributed by atoms with van der Waals surface area (Å²) in [6.07, 6.45) is 0.192.